The van der Waals surface area contributed by atoms with Crippen LogP contribution in [0.5, 0.6) is 0 Å². The Bertz CT molecular complexity index is 733. The molecule has 138 valence electrons. The topological polar surface area (TPSA) is 81.6 Å². The van der Waals surface area contributed by atoms with Gasteiger partial charge in [-0.05, 0) is 31.2 Å². The van der Waals surface area contributed by atoms with Gasteiger partial charge in [-0.2, -0.15) is 0 Å². The van der Waals surface area contributed by atoms with Crippen LogP contribution in [0.2, 0.25) is 5.02 Å². The van der Waals surface area contributed by atoms with Gasteiger partial charge in [0.15, 0.2) is 5.69 Å². The van der Waals surface area contributed by atoms with Gasteiger partial charge in [0.1, 0.15) is 5.82 Å². The first kappa shape index (κ1) is 18.4. The van der Waals surface area contributed by atoms with E-state index in [1.165, 1.54) is 18.1 Å². The van der Waals surface area contributed by atoms with E-state index >= 15 is 0 Å². The molecule has 2 N–H and O–H groups in total. The maximum atomic E-state index is 10.7. The van der Waals surface area contributed by atoms with Crippen LogP contribution in [0.15, 0.2) is 36.7 Å². The molecule has 0 amide bonds. The third-order valence-corrected chi connectivity index (χ3v) is 4.61. The van der Waals surface area contributed by atoms with Crippen molar-refractivity contribution in [2.24, 2.45) is 0 Å². The van der Waals surface area contributed by atoms with Crippen LogP contribution in [0.4, 0.5) is 11.5 Å². The summed E-state index contributed by atoms with van der Waals surface area (Å²) in [6, 6.07) is 8.00. The van der Waals surface area contributed by atoms with Crippen LogP contribution in [-0.4, -0.2) is 65.2 Å². The number of halogens is 1. The molecule has 2 heterocycles. The van der Waals surface area contributed by atoms with Crippen LogP contribution in [0.3, 0.4) is 0 Å². The molecule has 0 atom stereocenters. The number of carboxylic acid groups (broad SMARTS) is 1. The van der Waals surface area contributed by atoms with E-state index in [1.54, 1.807) is 0 Å². The first-order valence-electron chi connectivity index (χ1n) is 8.64. The minimum Gasteiger partial charge on any atom is -0.476 e. The summed E-state index contributed by atoms with van der Waals surface area (Å²) in [5.74, 6) is -0.471. The van der Waals surface area contributed by atoms with Crippen molar-refractivity contribution in [2.75, 3.05) is 49.5 Å². The summed E-state index contributed by atoms with van der Waals surface area (Å²) in [4.78, 5) is 23.4. The molecule has 0 aliphatic carbocycles. The Morgan fingerprint density at radius 3 is 2.65 bits per heavy atom. The second kappa shape index (κ2) is 8.82. The number of carboxylic acids is 1. The summed E-state index contributed by atoms with van der Waals surface area (Å²) in [5.41, 5.74) is 1.13. The maximum Gasteiger partial charge on any atom is 0.356 e. The van der Waals surface area contributed by atoms with Crippen molar-refractivity contribution in [2.45, 2.75) is 6.42 Å². The molecule has 1 fully saturated rings. The standard InChI is InChI=1S/C18H22ClN5O2/c19-14-3-1-4-15(11-14)24-9-7-23(8-10-24)6-2-5-20-17-13-21-16(12-22-17)18(25)26/h1,3-4,11-13H,2,5-10H2,(H,20,22)(H,25,26). The van der Waals surface area contributed by atoms with Crippen molar-refractivity contribution in [3.05, 3.63) is 47.4 Å². The van der Waals surface area contributed by atoms with Gasteiger partial charge in [0.25, 0.3) is 0 Å². The smallest absolute Gasteiger partial charge is 0.356 e. The number of rotatable bonds is 7. The van der Waals surface area contributed by atoms with Gasteiger partial charge in [0.2, 0.25) is 0 Å². The summed E-state index contributed by atoms with van der Waals surface area (Å²) in [5, 5.41) is 12.7. The van der Waals surface area contributed by atoms with E-state index in [0.717, 1.165) is 50.7 Å². The van der Waals surface area contributed by atoms with Gasteiger partial charge >= 0.3 is 5.97 Å². The van der Waals surface area contributed by atoms with Crippen LogP contribution in [-0.2, 0) is 0 Å². The molecule has 0 unspecified atom stereocenters. The third kappa shape index (κ3) is 5.06. The molecule has 3 rings (SSSR count). The average Bonchev–Trinajstić information content (AvgIpc) is 2.66. The van der Waals surface area contributed by atoms with Gasteiger partial charge in [-0.15, -0.1) is 0 Å². The summed E-state index contributed by atoms with van der Waals surface area (Å²) in [6.07, 6.45) is 3.70. The second-order valence-electron chi connectivity index (χ2n) is 6.18. The van der Waals surface area contributed by atoms with Crippen molar-refractivity contribution in [1.29, 1.82) is 0 Å². The van der Waals surface area contributed by atoms with Gasteiger partial charge in [-0.3, -0.25) is 4.90 Å². The molecule has 0 bridgehead atoms. The number of nitrogens with zero attached hydrogens (tertiary/aromatic N) is 4. The number of carbonyl (C=O) groups is 1. The molecule has 2 aromatic rings. The SMILES string of the molecule is O=C(O)c1cnc(NCCCN2CCN(c3cccc(Cl)c3)CC2)cn1. The molecule has 0 saturated carbocycles. The Morgan fingerprint density at radius 2 is 2.00 bits per heavy atom. The van der Waals surface area contributed by atoms with Crippen LogP contribution in [0.1, 0.15) is 16.9 Å². The highest BCUT2D eigenvalue weighted by Gasteiger charge is 2.16. The van der Waals surface area contributed by atoms with Crippen LogP contribution >= 0.6 is 11.6 Å². The summed E-state index contributed by atoms with van der Waals surface area (Å²) in [7, 11) is 0. The zero-order valence-electron chi connectivity index (χ0n) is 14.4. The molecular formula is C18H22ClN5O2. The fraction of sp³-hybridized carbons (Fsp3) is 0.389. The fourth-order valence-electron chi connectivity index (χ4n) is 2.95. The van der Waals surface area contributed by atoms with E-state index in [2.05, 4.69) is 31.2 Å². The van der Waals surface area contributed by atoms with Gasteiger partial charge in [-0.1, -0.05) is 17.7 Å². The summed E-state index contributed by atoms with van der Waals surface area (Å²) < 4.78 is 0. The molecule has 7 nitrogen and oxygen atoms in total. The number of hydrogen-bond acceptors (Lipinski definition) is 6. The highest BCUT2D eigenvalue weighted by Crippen LogP contribution is 2.20. The van der Waals surface area contributed by atoms with Crippen LogP contribution in [0.25, 0.3) is 0 Å². The van der Waals surface area contributed by atoms with Crippen LogP contribution < -0.4 is 10.2 Å². The summed E-state index contributed by atoms with van der Waals surface area (Å²) in [6.45, 7) is 5.83. The zero-order chi connectivity index (χ0) is 18.4. The highest BCUT2D eigenvalue weighted by atomic mass is 35.5. The van der Waals surface area contributed by atoms with Crippen molar-refractivity contribution in [3.8, 4) is 0 Å². The van der Waals surface area contributed by atoms with E-state index in [-0.39, 0.29) is 5.69 Å². The molecule has 1 aliphatic heterocycles. The predicted molar refractivity (Wildman–Crippen MR) is 102 cm³/mol. The molecule has 1 saturated heterocycles. The zero-order valence-corrected chi connectivity index (χ0v) is 15.2. The highest BCUT2D eigenvalue weighted by molar-refractivity contribution is 6.30. The van der Waals surface area contributed by atoms with E-state index in [9.17, 15) is 4.79 Å². The quantitative estimate of drug-likeness (QED) is 0.719. The van der Waals surface area contributed by atoms with E-state index in [0.29, 0.717) is 5.82 Å². The van der Waals surface area contributed by atoms with Crippen molar-refractivity contribution >= 4 is 29.1 Å². The Kier molecular flexibility index (Phi) is 6.25. The number of aromatic carboxylic acids is 1. The fourth-order valence-corrected chi connectivity index (χ4v) is 3.14. The van der Waals surface area contributed by atoms with Gasteiger partial charge < -0.3 is 15.3 Å². The summed E-state index contributed by atoms with van der Waals surface area (Å²) >= 11 is 6.07. The largest absolute Gasteiger partial charge is 0.476 e. The number of hydrogen-bond donors (Lipinski definition) is 2. The number of piperazine rings is 1. The number of aromatic nitrogens is 2. The second-order valence-corrected chi connectivity index (χ2v) is 6.62. The first-order valence-corrected chi connectivity index (χ1v) is 9.02. The van der Waals surface area contributed by atoms with E-state index in [1.807, 2.05) is 18.2 Å². The monoisotopic (exact) mass is 375 g/mol. The third-order valence-electron chi connectivity index (χ3n) is 4.37. The van der Waals surface area contributed by atoms with Gasteiger partial charge in [-0.25, -0.2) is 14.8 Å². The number of nitrogens with one attached hydrogen (secondary N) is 1. The Balaban J connectivity index is 1.35. The molecule has 1 aliphatic rings. The Labute approximate surface area is 157 Å². The molecule has 0 spiro atoms. The number of anilines is 2. The van der Waals surface area contributed by atoms with Gasteiger partial charge in [0, 0.05) is 43.4 Å². The predicted octanol–water partition coefficient (Wildman–Crippen LogP) is 2.45. The maximum absolute atomic E-state index is 10.7. The molecular weight excluding hydrogens is 354 g/mol. The lowest BCUT2D eigenvalue weighted by Crippen LogP contribution is -2.46. The van der Waals surface area contributed by atoms with Crippen molar-refractivity contribution in [1.82, 2.24) is 14.9 Å². The Hall–Kier alpha value is -2.38. The van der Waals surface area contributed by atoms with E-state index < -0.39 is 5.97 Å². The van der Waals surface area contributed by atoms with E-state index in [4.69, 9.17) is 16.7 Å². The lowest BCUT2D eigenvalue weighted by Gasteiger charge is -2.36. The molecule has 8 heteroatoms. The molecule has 26 heavy (non-hydrogen) atoms. The normalized spacial score (nSPS) is 15.0. The minimum atomic E-state index is -1.07. The number of benzene rings is 1. The van der Waals surface area contributed by atoms with Crippen molar-refractivity contribution < 1.29 is 9.90 Å². The molecule has 1 aromatic heterocycles. The van der Waals surface area contributed by atoms with Crippen LogP contribution in [0, 0.1) is 0 Å². The average molecular weight is 376 g/mol. The first-order chi connectivity index (χ1) is 12.6. The van der Waals surface area contributed by atoms with Gasteiger partial charge in [0.05, 0.1) is 12.4 Å². The lowest BCUT2D eigenvalue weighted by atomic mass is 10.2. The minimum absolute atomic E-state index is 0.0480. The molecule has 0 radical (unpaired) electrons. The lowest BCUT2D eigenvalue weighted by molar-refractivity contribution is 0.0690. The van der Waals surface area contributed by atoms with Crippen molar-refractivity contribution in [3.63, 3.8) is 0 Å². The molecule has 1 aromatic carbocycles. The Morgan fingerprint density at radius 1 is 1.19 bits per heavy atom.